The van der Waals surface area contributed by atoms with Crippen molar-refractivity contribution < 1.29 is 19.1 Å². The van der Waals surface area contributed by atoms with E-state index < -0.39 is 0 Å². The largest absolute Gasteiger partial charge is 0.490 e. The molecule has 6 nitrogen and oxygen atoms in total. The number of nitrogens with zero attached hydrogens (tertiary/aromatic N) is 2. The SMILES string of the molecule is CCOc1ccc(/C=C/C(=O)N2CCCN(C(C)=O)CC2)cc1OCC. The second-order valence-electron chi connectivity index (χ2n) is 6.09. The quantitative estimate of drug-likeness (QED) is 0.732. The van der Waals surface area contributed by atoms with Gasteiger partial charge in [0.1, 0.15) is 0 Å². The molecule has 1 aromatic carbocycles. The van der Waals surface area contributed by atoms with Gasteiger partial charge in [-0.3, -0.25) is 9.59 Å². The number of benzene rings is 1. The summed E-state index contributed by atoms with van der Waals surface area (Å²) < 4.78 is 11.2. The van der Waals surface area contributed by atoms with Crippen molar-refractivity contribution in [3.8, 4) is 11.5 Å². The predicted molar refractivity (Wildman–Crippen MR) is 101 cm³/mol. The average Bonchev–Trinajstić information content (AvgIpc) is 2.88. The molecule has 0 aliphatic carbocycles. The highest BCUT2D eigenvalue weighted by molar-refractivity contribution is 5.92. The summed E-state index contributed by atoms with van der Waals surface area (Å²) >= 11 is 0. The minimum Gasteiger partial charge on any atom is -0.490 e. The van der Waals surface area contributed by atoms with Gasteiger partial charge in [0.15, 0.2) is 11.5 Å². The fourth-order valence-electron chi connectivity index (χ4n) is 2.90. The van der Waals surface area contributed by atoms with Crippen molar-refractivity contribution >= 4 is 17.9 Å². The monoisotopic (exact) mass is 360 g/mol. The van der Waals surface area contributed by atoms with E-state index in [2.05, 4.69) is 0 Å². The van der Waals surface area contributed by atoms with Crippen molar-refractivity contribution in [2.45, 2.75) is 27.2 Å². The van der Waals surface area contributed by atoms with Crippen LogP contribution >= 0.6 is 0 Å². The van der Waals surface area contributed by atoms with Gasteiger partial charge in [-0.1, -0.05) is 6.07 Å². The van der Waals surface area contributed by atoms with Gasteiger partial charge in [0.25, 0.3) is 0 Å². The number of hydrogen-bond donors (Lipinski definition) is 0. The van der Waals surface area contributed by atoms with E-state index in [1.54, 1.807) is 28.9 Å². The van der Waals surface area contributed by atoms with E-state index >= 15 is 0 Å². The van der Waals surface area contributed by atoms with E-state index in [0.717, 1.165) is 12.0 Å². The molecule has 142 valence electrons. The van der Waals surface area contributed by atoms with Gasteiger partial charge in [0.05, 0.1) is 13.2 Å². The second kappa shape index (κ2) is 9.85. The van der Waals surface area contributed by atoms with E-state index in [9.17, 15) is 9.59 Å². The molecule has 2 amide bonds. The molecule has 26 heavy (non-hydrogen) atoms. The number of carbonyl (C=O) groups excluding carboxylic acids is 2. The lowest BCUT2D eigenvalue weighted by Gasteiger charge is -2.20. The number of amides is 2. The Morgan fingerprint density at radius 2 is 1.65 bits per heavy atom. The third-order valence-electron chi connectivity index (χ3n) is 4.24. The first-order chi connectivity index (χ1) is 12.5. The summed E-state index contributed by atoms with van der Waals surface area (Å²) in [7, 11) is 0. The lowest BCUT2D eigenvalue weighted by molar-refractivity contribution is -0.130. The molecule has 0 spiro atoms. The summed E-state index contributed by atoms with van der Waals surface area (Å²) in [5.41, 5.74) is 0.880. The summed E-state index contributed by atoms with van der Waals surface area (Å²) in [5, 5.41) is 0. The van der Waals surface area contributed by atoms with Crippen LogP contribution in [0.5, 0.6) is 11.5 Å². The fraction of sp³-hybridized carbons (Fsp3) is 0.500. The van der Waals surface area contributed by atoms with Crippen LogP contribution in [-0.4, -0.2) is 61.0 Å². The molecule has 0 unspecified atom stereocenters. The molecule has 0 aromatic heterocycles. The molecule has 0 bridgehead atoms. The molecule has 1 aliphatic rings. The number of carbonyl (C=O) groups is 2. The van der Waals surface area contributed by atoms with Gasteiger partial charge in [-0.05, 0) is 44.0 Å². The van der Waals surface area contributed by atoms with Crippen LogP contribution < -0.4 is 9.47 Å². The van der Waals surface area contributed by atoms with Crippen LogP contribution in [0.2, 0.25) is 0 Å². The molecular weight excluding hydrogens is 332 g/mol. The maximum absolute atomic E-state index is 12.5. The number of hydrogen-bond acceptors (Lipinski definition) is 4. The summed E-state index contributed by atoms with van der Waals surface area (Å²) in [5.74, 6) is 1.40. The average molecular weight is 360 g/mol. The first-order valence-corrected chi connectivity index (χ1v) is 9.17. The molecule has 1 aromatic rings. The molecule has 1 fully saturated rings. The predicted octanol–water partition coefficient (Wildman–Crippen LogP) is 2.58. The van der Waals surface area contributed by atoms with Gasteiger partial charge in [-0.2, -0.15) is 0 Å². The first-order valence-electron chi connectivity index (χ1n) is 9.17. The zero-order valence-corrected chi connectivity index (χ0v) is 15.9. The highest BCUT2D eigenvalue weighted by atomic mass is 16.5. The third kappa shape index (κ3) is 5.51. The second-order valence-corrected chi connectivity index (χ2v) is 6.09. The van der Waals surface area contributed by atoms with E-state index in [4.69, 9.17) is 9.47 Å². The van der Waals surface area contributed by atoms with Crippen molar-refractivity contribution in [1.82, 2.24) is 9.80 Å². The molecule has 6 heteroatoms. The molecular formula is C20H28N2O4. The Balaban J connectivity index is 2.03. The molecule has 0 N–H and O–H groups in total. The first kappa shape index (κ1) is 19.8. The van der Waals surface area contributed by atoms with Gasteiger partial charge in [-0.25, -0.2) is 0 Å². The fourth-order valence-corrected chi connectivity index (χ4v) is 2.90. The van der Waals surface area contributed by atoms with Crippen LogP contribution in [0.15, 0.2) is 24.3 Å². The number of rotatable bonds is 6. The van der Waals surface area contributed by atoms with Gasteiger partial charge in [0.2, 0.25) is 11.8 Å². The Kier molecular flexibility index (Phi) is 7.51. The van der Waals surface area contributed by atoms with E-state index in [0.29, 0.717) is 50.9 Å². The molecule has 1 saturated heterocycles. The minimum atomic E-state index is -0.0396. The van der Waals surface area contributed by atoms with Crippen LogP contribution in [0.1, 0.15) is 32.8 Å². The Labute approximate surface area is 155 Å². The summed E-state index contributed by atoms with van der Waals surface area (Å²) in [4.78, 5) is 27.5. The molecule has 0 atom stereocenters. The van der Waals surface area contributed by atoms with Crippen LogP contribution in [0.25, 0.3) is 6.08 Å². The normalized spacial score (nSPS) is 15.0. The molecule has 0 radical (unpaired) electrons. The molecule has 0 saturated carbocycles. The topological polar surface area (TPSA) is 59.1 Å². The Morgan fingerprint density at radius 3 is 2.35 bits per heavy atom. The van der Waals surface area contributed by atoms with Gasteiger partial charge >= 0.3 is 0 Å². The van der Waals surface area contributed by atoms with Crippen molar-refractivity contribution in [3.63, 3.8) is 0 Å². The van der Waals surface area contributed by atoms with Crippen molar-refractivity contribution in [1.29, 1.82) is 0 Å². The summed E-state index contributed by atoms with van der Waals surface area (Å²) in [6.45, 7) is 9.07. The van der Waals surface area contributed by atoms with Crippen molar-refractivity contribution in [3.05, 3.63) is 29.8 Å². The summed E-state index contributed by atoms with van der Waals surface area (Å²) in [6, 6.07) is 5.63. The Bertz CT molecular complexity index is 657. The highest BCUT2D eigenvalue weighted by Crippen LogP contribution is 2.29. The standard InChI is InChI=1S/C20H28N2O4/c1-4-25-18-9-7-17(15-19(18)26-5-2)8-10-20(24)22-12-6-11-21(13-14-22)16(3)23/h7-10,15H,4-6,11-14H2,1-3H3/b10-8+. The van der Waals surface area contributed by atoms with Crippen LogP contribution in [0.3, 0.4) is 0 Å². The minimum absolute atomic E-state index is 0.0396. The van der Waals surface area contributed by atoms with Crippen LogP contribution in [0, 0.1) is 0 Å². The zero-order chi connectivity index (χ0) is 18.9. The Hall–Kier alpha value is -2.50. The molecule has 1 heterocycles. The molecule has 1 aliphatic heterocycles. The van der Waals surface area contributed by atoms with Crippen molar-refractivity contribution in [2.24, 2.45) is 0 Å². The lowest BCUT2D eigenvalue weighted by Crippen LogP contribution is -2.35. The van der Waals surface area contributed by atoms with Crippen LogP contribution in [-0.2, 0) is 9.59 Å². The molecule has 2 rings (SSSR count). The van der Waals surface area contributed by atoms with E-state index in [-0.39, 0.29) is 11.8 Å². The van der Waals surface area contributed by atoms with Crippen LogP contribution in [0.4, 0.5) is 0 Å². The number of ether oxygens (including phenoxy) is 2. The highest BCUT2D eigenvalue weighted by Gasteiger charge is 2.18. The van der Waals surface area contributed by atoms with E-state index in [1.807, 2.05) is 32.0 Å². The smallest absolute Gasteiger partial charge is 0.246 e. The Morgan fingerprint density at radius 1 is 1.00 bits per heavy atom. The summed E-state index contributed by atoms with van der Waals surface area (Å²) in [6.07, 6.45) is 4.17. The zero-order valence-electron chi connectivity index (χ0n) is 15.9. The maximum Gasteiger partial charge on any atom is 0.246 e. The van der Waals surface area contributed by atoms with Gasteiger partial charge < -0.3 is 19.3 Å². The lowest BCUT2D eigenvalue weighted by atomic mass is 10.2. The van der Waals surface area contributed by atoms with Gasteiger partial charge in [0, 0.05) is 39.2 Å². The maximum atomic E-state index is 12.5. The third-order valence-corrected chi connectivity index (χ3v) is 4.24. The van der Waals surface area contributed by atoms with Gasteiger partial charge in [-0.15, -0.1) is 0 Å². The van der Waals surface area contributed by atoms with Crippen molar-refractivity contribution in [2.75, 3.05) is 39.4 Å². The van der Waals surface area contributed by atoms with E-state index in [1.165, 1.54) is 0 Å².